The number of aromatic amines is 1. The van der Waals surface area contributed by atoms with E-state index in [1.165, 1.54) is 6.20 Å². The van der Waals surface area contributed by atoms with Crippen molar-refractivity contribution in [1.29, 1.82) is 0 Å². The number of rotatable bonds is 8. The molecule has 18 heavy (non-hydrogen) atoms. The van der Waals surface area contributed by atoms with E-state index in [9.17, 15) is 8.42 Å². The minimum atomic E-state index is -3.37. The van der Waals surface area contributed by atoms with Crippen molar-refractivity contribution in [2.75, 3.05) is 13.1 Å². The molecule has 1 aromatic heterocycles. The van der Waals surface area contributed by atoms with Crippen molar-refractivity contribution in [3.8, 4) is 0 Å². The van der Waals surface area contributed by atoms with E-state index in [4.69, 9.17) is 0 Å². The van der Waals surface area contributed by atoms with Crippen LogP contribution in [0.15, 0.2) is 17.2 Å². The van der Waals surface area contributed by atoms with Gasteiger partial charge in [0, 0.05) is 25.0 Å². The predicted octanol–water partition coefficient (Wildman–Crippen LogP) is 1.45. The first kappa shape index (κ1) is 15.2. The Labute approximate surface area is 109 Å². The number of H-pyrrole nitrogens is 1. The highest BCUT2D eigenvalue weighted by Crippen LogP contribution is 2.10. The lowest BCUT2D eigenvalue weighted by Crippen LogP contribution is -2.25. The SMILES string of the molecule is CCNCc1cc(S(=O)(=O)NCCC(C)C)c[nH]1. The summed E-state index contributed by atoms with van der Waals surface area (Å²) in [6, 6.07) is 1.67. The number of sulfonamides is 1. The highest BCUT2D eigenvalue weighted by atomic mass is 32.2. The van der Waals surface area contributed by atoms with E-state index in [2.05, 4.69) is 28.9 Å². The summed E-state index contributed by atoms with van der Waals surface area (Å²) in [6.07, 6.45) is 2.37. The Bertz CT molecular complexity index is 452. The maximum absolute atomic E-state index is 11.9. The summed E-state index contributed by atoms with van der Waals surface area (Å²) < 4.78 is 26.5. The summed E-state index contributed by atoms with van der Waals surface area (Å²) in [7, 11) is -3.37. The summed E-state index contributed by atoms with van der Waals surface area (Å²) >= 11 is 0. The highest BCUT2D eigenvalue weighted by molar-refractivity contribution is 7.89. The average Bonchev–Trinajstić information content (AvgIpc) is 2.74. The highest BCUT2D eigenvalue weighted by Gasteiger charge is 2.15. The number of nitrogens with one attached hydrogen (secondary N) is 3. The summed E-state index contributed by atoms with van der Waals surface area (Å²) in [5, 5.41) is 3.14. The van der Waals surface area contributed by atoms with Gasteiger partial charge in [0.15, 0.2) is 0 Å². The van der Waals surface area contributed by atoms with Gasteiger partial charge >= 0.3 is 0 Å². The third-order valence-corrected chi connectivity index (χ3v) is 4.05. The van der Waals surface area contributed by atoms with Crippen LogP contribution in [0, 0.1) is 5.92 Å². The summed E-state index contributed by atoms with van der Waals surface area (Å²) in [5.74, 6) is 0.489. The molecule has 0 fully saturated rings. The van der Waals surface area contributed by atoms with Crippen molar-refractivity contribution in [2.24, 2.45) is 5.92 Å². The van der Waals surface area contributed by atoms with Gasteiger partial charge in [0.05, 0.1) is 4.90 Å². The number of aromatic nitrogens is 1. The Kier molecular flexibility index (Phi) is 5.84. The quantitative estimate of drug-likeness (QED) is 0.671. The second kappa shape index (κ2) is 6.92. The molecule has 6 heteroatoms. The van der Waals surface area contributed by atoms with Crippen LogP contribution in [0.5, 0.6) is 0 Å². The van der Waals surface area contributed by atoms with Gasteiger partial charge in [0.1, 0.15) is 0 Å². The van der Waals surface area contributed by atoms with Gasteiger partial charge in [-0.25, -0.2) is 13.1 Å². The fourth-order valence-corrected chi connectivity index (χ4v) is 2.57. The van der Waals surface area contributed by atoms with Gasteiger partial charge in [-0.05, 0) is 24.9 Å². The molecule has 1 aromatic rings. The maximum Gasteiger partial charge on any atom is 0.242 e. The molecule has 0 saturated carbocycles. The molecular formula is C12H23N3O2S. The molecule has 1 rings (SSSR count). The lowest BCUT2D eigenvalue weighted by molar-refractivity contribution is 0.551. The molecule has 0 aliphatic heterocycles. The fourth-order valence-electron chi connectivity index (χ4n) is 1.50. The van der Waals surface area contributed by atoms with Gasteiger partial charge in [-0.2, -0.15) is 0 Å². The van der Waals surface area contributed by atoms with E-state index in [0.717, 1.165) is 18.7 Å². The Morgan fingerprint density at radius 2 is 2.11 bits per heavy atom. The van der Waals surface area contributed by atoms with Gasteiger partial charge < -0.3 is 10.3 Å². The van der Waals surface area contributed by atoms with Crippen molar-refractivity contribution >= 4 is 10.0 Å². The molecule has 0 atom stereocenters. The van der Waals surface area contributed by atoms with E-state index in [0.29, 0.717) is 23.9 Å². The molecule has 0 aliphatic carbocycles. The lowest BCUT2D eigenvalue weighted by Gasteiger charge is -2.06. The van der Waals surface area contributed by atoms with Crippen molar-refractivity contribution in [1.82, 2.24) is 15.0 Å². The summed E-state index contributed by atoms with van der Waals surface area (Å²) in [5.41, 5.74) is 0.876. The summed E-state index contributed by atoms with van der Waals surface area (Å²) in [6.45, 7) is 8.13. The van der Waals surface area contributed by atoms with Crippen LogP contribution in [0.1, 0.15) is 32.9 Å². The zero-order valence-electron chi connectivity index (χ0n) is 11.3. The molecule has 0 radical (unpaired) electrons. The Morgan fingerprint density at radius 3 is 2.72 bits per heavy atom. The van der Waals surface area contributed by atoms with Gasteiger partial charge in [-0.15, -0.1) is 0 Å². The minimum Gasteiger partial charge on any atom is -0.363 e. The van der Waals surface area contributed by atoms with Crippen LogP contribution in [-0.4, -0.2) is 26.5 Å². The Hall–Kier alpha value is -0.850. The van der Waals surface area contributed by atoms with Crippen LogP contribution in [0.3, 0.4) is 0 Å². The first-order valence-electron chi connectivity index (χ1n) is 6.33. The molecule has 0 unspecified atom stereocenters. The maximum atomic E-state index is 11.9. The topological polar surface area (TPSA) is 74.0 Å². The Balaban J connectivity index is 2.58. The van der Waals surface area contributed by atoms with Gasteiger partial charge in [-0.3, -0.25) is 0 Å². The predicted molar refractivity (Wildman–Crippen MR) is 72.8 cm³/mol. The molecule has 0 amide bonds. The van der Waals surface area contributed by atoms with Gasteiger partial charge in [0.25, 0.3) is 0 Å². The van der Waals surface area contributed by atoms with Gasteiger partial charge in [-0.1, -0.05) is 20.8 Å². The van der Waals surface area contributed by atoms with Crippen LogP contribution in [0.2, 0.25) is 0 Å². The molecule has 0 aromatic carbocycles. The van der Waals surface area contributed by atoms with E-state index in [-0.39, 0.29) is 0 Å². The number of hydrogen-bond acceptors (Lipinski definition) is 3. The first-order valence-corrected chi connectivity index (χ1v) is 7.81. The molecule has 104 valence electrons. The number of hydrogen-bond donors (Lipinski definition) is 3. The van der Waals surface area contributed by atoms with Crippen LogP contribution < -0.4 is 10.0 Å². The smallest absolute Gasteiger partial charge is 0.242 e. The third kappa shape index (κ3) is 4.80. The zero-order valence-corrected chi connectivity index (χ0v) is 12.1. The molecule has 0 aliphatic rings. The zero-order chi connectivity index (χ0) is 13.6. The Morgan fingerprint density at radius 1 is 1.39 bits per heavy atom. The fraction of sp³-hybridized carbons (Fsp3) is 0.667. The van der Waals surface area contributed by atoms with Crippen LogP contribution >= 0.6 is 0 Å². The van der Waals surface area contributed by atoms with E-state index in [1.807, 2.05) is 6.92 Å². The van der Waals surface area contributed by atoms with Crippen molar-refractivity contribution in [2.45, 2.75) is 38.6 Å². The van der Waals surface area contributed by atoms with E-state index in [1.54, 1.807) is 6.07 Å². The van der Waals surface area contributed by atoms with Crippen molar-refractivity contribution < 1.29 is 8.42 Å². The molecule has 0 bridgehead atoms. The summed E-state index contributed by atoms with van der Waals surface area (Å²) in [4.78, 5) is 3.27. The molecule has 1 heterocycles. The minimum absolute atomic E-state index is 0.305. The standard InChI is InChI=1S/C12H23N3O2S/c1-4-13-8-11-7-12(9-14-11)18(16,17)15-6-5-10(2)3/h7,9-10,13-15H,4-6,8H2,1-3H3. The second-order valence-electron chi connectivity index (χ2n) is 4.72. The molecule has 3 N–H and O–H groups in total. The first-order chi connectivity index (χ1) is 8.45. The van der Waals surface area contributed by atoms with Crippen LogP contribution in [0.25, 0.3) is 0 Å². The lowest BCUT2D eigenvalue weighted by atomic mass is 10.1. The molecular weight excluding hydrogens is 250 g/mol. The van der Waals surface area contributed by atoms with Gasteiger partial charge in [0.2, 0.25) is 10.0 Å². The third-order valence-electron chi connectivity index (χ3n) is 2.61. The molecule has 0 spiro atoms. The van der Waals surface area contributed by atoms with Crippen molar-refractivity contribution in [3.63, 3.8) is 0 Å². The largest absolute Gasteiger partial charge is 0.363 e. The van der Waals surface area contributed by atoms with Crippen LogP contribution in [-0.2, 0) is 16.6 Å². The molecule has 5 nitrogen and oxygen atoms in total. The van der Waals surface area contributed by atoms with Crippen molar-refractivity contribution in [3.05, 3.63) is 18.0 Å². The second-order valence-corrected chi connectivity index (χ2v) is 6.49. The van der Waals surface area contributed by atoms with E-state index >= 15 is 0 Å². The molecule has 0 saturated heterocycles. The monoisotopic (exact) mass is 273 g/mol. The van der Waals surface area contributed by atoms with E-state index < -0.39 is 10.0 Å². The normalized spacial score (nSPS) is 12.2. The average molecular weight is 273 g/mol. The van der Waals surface area contributed by atoms with Crippen LogP contribution in [0.4, 0.5) is 0 Å².